The van der Waals surface area contributed by atoms with Crippen LogP contribution in [0.4, 0.5) is 9.59 Å². The number of benzene rings is 4. The number of carbonyl (C=O) groups is 3. The van der Waals surface area contributed by atoms with Crippen LogP contribution in [-0.4, -0.2) is 125 Å². The summed E-state index contributed by atoms with van der Waals surface area (Å²) in [6.07, 6.45) is -0.405. The van der Waals surface area contributed by atoms with Gasteiger partial charge in [0, 0.05) is 44.5 Å². The van der Waals surface area contributed by atoms with Crippen LogP contribution < -0.4 is 5.32 Å². The van der Waals surface area contributed by atoms with Gasteiger partial charge >= 0.3 is 12.1 Å². The number of carbonyl (C=O) groups excluding carboxylic acids is 3. The van der Waals surface area contributed by atoms with Crippen LogP contribution >= 0.6 is 11.3 Å². The highest BCUT2D eigenvalue weighted by atomic mass is 32.2. The van der Waals surface area contributed by atoms with Gasteiger partial charge in [0.15, 0.2) is 0 Å². The van der Waals surface area contributed by atoms with Gasteiger partial charge < -0.3 is 35.1 Å². The smallest absolute Gasteiger partial charge is 0.409 e. The van der Waals surface area contributed by atoms with Crippen molar-refractivity contribution in [1.29, 1.82) is 0 Å². The fraction of sp³-hybridized carbons (Fsp3) is 0.380. The Morgan fingerprint density at radius 3 is 2.19 bits per heavy atom. The lowest BCUT2D eigenvalue weighted by atomic mass is 9.97. The maximum atomic E-state index is 14.4. The molecule has 7 rings (SSSR count). The van der Waals surface area contributed by atoms with Crippen LogP contribution in [0.5, 0.6) is 0 Å². The van der Waals surface area contributed by atoms with Gasteiger partial charge in [-0.05, 0) is 63.8 Å². The molecule has 0 unspecified atom stereocenters. The Bertz CT molecular complexity index is 2600. The molecule has 67 heavy (non-hydrogen) atoms. The monoisotopic (exact) mass is 949 g/mol. The number of hydrogen-bond donors (Lipinski definition) is 3. The molecule has 1 aromatic heterocycles. The molecule has 15 nitrogen and oxygen atoms in total. The number of fused-ring (bicyclic) bond motifs is 3. The quantitative estimate of drug-likeness (QED) is 0.0419. The first-order valence-corrected chi connectivity index (χ1v) is 24.8. The highest BCUT2D eigenvalue weighted by molar-refractivity contribution is 7.89. The van der Waals surface area contributed by atoms with Gasteiger partial charge in [-0.25, -0.2) is 23.0 Å². The normalized spacial score (nSPS) is 15.3. The number of ether oxygens (including phenoxy) is 1. The van der Waals surface area contributed by atoms with E-state index in [2.05, 4.69) is 34.7 Å². The van der Waals surface area contributed by atoms with E-state index >= 15 is 0 Å². The molecule has 0 spiro atoms. The van der Waals surface area contributed by atoms with Crippen molar-refractivity contribution >= 4 is 45.6 Å². The molecule has 1 fully saturated rings. The molecule has 1 aliphatic carbocycles. The Morgan fingerprint density at radius 1 is 0.925 bits per heavy atom. The zero-order valence-corrected chi connectivity index (χ0v) is 40.1. The van der Waals surface area contributed by atoms with Crippen LogP contribution in [0.3, 0.4) is 0 Å². The van der Waals surface area contributed by atoms with Crippen LogP contribution in [0.25, 0.3) is 11.1 Å². The minimum Gasteiger partial charge on any atom is -0.448 e. The molecule has 0 bridgehead atoms. The van der Waals surface area contributed by atoms with Gasteiger partial charge in [-0.3, -0.25) is 4.79 Å². The summed E-state index contributed by atoms with van der Waals surface area (Å²) in [4.78, 5) is 51.1. The van der Waals surface area contributed by atoms with Gasteiger partial charge in [-0.15, -0.1) is 11.3 Å². The molecular formula is C50H59N7O8S2. The van der Waals surface area contributed by atoms with E-state index in [1.54, 1.807) is 16.8 Å². The Labute approximate surface area is 396 Å². The number of nitrogens with one attached hydrogen (secondary N) is 1. The van der Waals surface area contributed by atoms with Crippen LogP contribution in [0, 0.1) is 11.8 Å². The lowest BCUT2D eigenvalue weighted by Gasteiger charge is -2.34. The zero-order chi connectivity index (χ0) is 47.8. The third-order valence-electron chi connectivity index (χ3n) is 12.1. The van der Waals surface area contributed by atoms with Gasteiger partial charge in [-0.2, -0.15) is 4.31 Å². The zero-order valence-electron chi connectivity index (χ0n) is 38.4. The average molecular weight is 950 g/mol. The maximum Gasteiger partial charge on any atom is 0.409 e. The number of thiazole rings is 1. The molecule has 0 radical (unpaired) electrons. The topological polar surface area (TPSA) is 185 Å². The summed E-state index contributed by atoms with van der Waals surface area (Å²) in [6, 6.07) is 29.4. The second kappa shape index (κ2) is 21.7. The number of sulfonamides is 1. The molecule has 4 amide bonds. The van der Waals surface area contributed by atoms with Crippen LogP contribution in [0.1, 0.15) is 66.6 Å². The van der Waals surface area contributed by atoms with Gasteiger partial charge in [-0.1, -0.05) is 124 Å². The predicted octanol–water partition coefficient (Wildman–Crippen LogP) is 7.03. The predicted molar refractivity (Wildman–Crippen MR) is 257 cm³/mol. The van der Waals surface area contributed by atoms with Crippen molar-refractivity contribution in [3.63, 3.8) is 0 Å². The Morgan fingerprint density at radius 2 is 1.57 bits per heavy atom. The van der Waals surface area contributed by atoms with Gasteiger partial charge in [0.2, 0.25) is 15.9 Å². The minimum atomic E-state index is -4.10. The highest BCUT2D eigenvalue weighted by Crippen LogP contribution is 2.44. The lowest BCUT2D eigenvalue weighted by Crippen LogP contribution is -2.57. The average Bonchev–Trinajstić information content (AvgIpc) is 4.00. The summed E-state index contributed by atoms with van der Waals surface area (Å²) >= 11 is 1.39. The number of hydrogen-bond acceptors (Lipinski definition) is 11. The molecule has 0 saturated carbocycles. The number of oxime groups is 1. The molecule has 2 heterocycles. The SMILES string of the molecule is CC(C)CN(C[C@@H](O)[C@H](Cc1ccccc1)NC(=O)[C@H](C(C)C)N1CCN(Cc2csc(CN(C)C(=O)OCC3c4ccccc4-c4ccccc43)n2)C1=O)S(=O)(=O)c1ccc(/C=N/O)cc1. The van der Waals surface area contributed by atoms with Crippen molar-refractivity contribution in [2.24, 2.45) is 17.0 Å². The second-order valence-electron chi connectivity index (χ2n) is 17.9. The van der Waals surface area contributed by atoms with Crippen molar-refractivity contribution in [3.8, 4) is 11.1 Å². The van der Waals surface area contributed by atoms with Gasteiger partial charge in [0.25, 0.3) is 0 Å². The fourth-order valence-electron chi connectivity index (χ4n) is 8.85. The number of aliphatic hydroxyl groups excluding tert-OH is 1. The first-order chi connectivity index (χ1) is 32.1. The van der Waals surface area contributed by atoms with E-state index in [0.29, 0.717) is 22.8 Å². The Balaban J connectivity index is 0.981. The van der Waals surface area contributed by atoms with E-state index < -0.39 is 40.2 Å². The molecule has 17 heteroatoms. The molecule has 3 atom stereocenters. The summed E-state index contributed by atoms with van der Waals surface area (Å²) in [6.45, 7) is 8.55. The molecule has 1 aliphatic heterocycles. The standard InChI is InChI=1S/C50H59N7O8S2/c1-33(2)27-56(67(63,64)38-21-19-36(20-22-38)26-51-62)29-45(58)44(25-35-13-7-6-8-14-35)53-48(59)47(34(3)4)57-24-23-55(49(57)60)28-37-32-66-46(52-37)30-54(5)50(61)65-31-43-41-17-11-9-15-39(41)40-16-10-12-18-42(40)43/h6-22,26,32-34,43-45,47,58,62H,23-25,27-31H2,1-5H3,(H,53,59)/b51-26+/t44-,45+,47-/m0/s1. The van der Waals surface area contributed by atoms with Crippen LogP contribution in [0.15, 0.2) is 119 Å². The summed E-state index contributed by atoms with van der Waals surface area (Å²) in [5.74, 6) is -0.920. The highest BCUT2D eigenvalue weighted by Gasteiger charge is 2.41. The van der Waals surface area contributed by atoms with E-state index in [0.717, 1.165) is 27.8 Å². The molecule has 4 aromatic carbocycles. The van der Waals surface area contributed by atoms with Crippen molar-refractivity contribution in [3.05, 3.63) is 141 Å². The first-order valence-electron chi connectivity index (χ1n) is 22.5. The third kappa shape index (κ3) is 11.5. The summed E-state index contributed by atoms with van der Waals surface area (Å²) < 4.78 is 35.1. The number of amides is 4. The summed E-state index contributed by atoms with van der Waals surface area (Å²) in [5, 5.41) is 29.4. The maximum absolute atomic E-state index is 14.4. The largest absolute Gasteiger partial charge is 0.448 e. The van der Waals surface area contributed by atoms with Crippen molar-refractivity contribution in [1.82, 2.24) is 29.3 Å². The minimum absolute atomic E-state index is 0.00538. The molecule has 5 aromatic rings. The lowest BCUT2D eigenvalue weighted by molar-refractivity contribution is -0.128. The number of urea groups is 1. The molecule has 1 saturated heterocycles. The summed E-state index contributed by atoms with van der Waals surface area (Å²) in [7, 11) is -2.43. The first kappa shape index (κ1) is 48.8. The number of rotatable bonds is 20. The van der Waals surface area contributed by atoms with E-state index in [-0.39, 0.29) is 74.4 Å². The van der Waals surface area contributed by atoms with E-state index in [4.69, 9.17) is 14.9 Å². The number of aromatic nitrogens is 1. The van der Waals surface area contributed by atoms with E-state index in [1.807, 2.05) is 87.7 Å². The van der Waals surface area contributed by atoms with Gasteiger partial charge in [0.1, 0.15) is 17.7 Å². The van der Waals surface area contributed by atoms with Crippen molar-refractivity contribution in [2.75, 3.05) is 39.8 Å². The fourth-order valence-corrected chi connectivity index (χ4v) is 11.3. The third-order valence-corrected chi connectivity index (χ3v) is 14.8. The number of aliphatic hydroxyl groups is 1. The van der Waals surface area contributed by atoms with Gasteiger partial charge in [0.05, 0.1) is 42.0 Å². The van der Waals surface area contributed by atoms with Crippen molar-refractivity contribution < 1.29 is 37.9 Å². The molecule has 354 valence electrons. The Hall–Kier alpha value is -6.14. The molecular weight excluding hydrogens is 891 g/mol. The Kier molecular flexibility index (Phi) is 15.8. The van der Waals surface area contributed by atoms with E-state index in [1.165, 1.54) is 51.0 Å². The number of nitrogens with zero attached hydrogens (tertiary/aromatic N) is 6. The summed E-state index contributed by atoms with van der Waals surface area (Å²) in [5.41, 5.74) is 6.56. The van der Waals surface area contributed by atoms with E-state index in [9.17, 15) is 27.9 Å². The van der Waals surface area contributed by atoms with Crippen LogP contribution in [-0.2, 0) is 39.1 Å². The molecule has 3 N–H and O–H groups in total. The molecule has 2 aliphatic rings. The van der Waals surface area contributed by atoms with Crippen molar-refractivity contribution in [2.45, 2.75) is 76.2 Å². The van der Waals surface area contributed by atoms with Crippen LogP contribution in [0.2, 0.25) is 0 Å². The second-order valence-corrected chi connectivity index (χ2v) is 20.8.